The minimum atomic E-state index is -0.144. The molecule has 0 atom stereocenters. The Kier molecular flexibility index (Phi) is 3.20. The molecule has 3 heteroatoms. The van der Waals surface area contributed by atoms with Crippen LogP contribution in [0.1, 0.15) is 29.8 Å². The van der Waals surface area contributed by atoms with Gasteiger partial charge in [0, 0.05) is 6.42 Å². The zero-order chi connectivity index (χ0) is 15.0. The summed E-state index contributed by atoms with van der Waals surface area (Å²) in [6.07, 6.45) is 1.72. The van der Waals surface area contributed by atoms with Crippen LogP contribution in [0.5, 0.6) is 11.5 Å². The number of methoxy groups -OCH3 is 1. The molecule has 0 bridgehead atoms. The SMILES string of the molecule is COc1ccc(-c2ccc3c(c2)CC(C)(C)O3)cc1C=O. The molecule has 2 aromatic carbocycles. The van der Waals surface area contributed by atoms with E-state index in [0.717, 1.165) is 29.6 Å². The maximum atomic E-state index is 11.1. The third-order valence-electron chi connectivity index (χ3n) is 3.75. The van der Waals surface area contributed by atoms with Gasteiger partial charge in [-0.15, -0.1) is 0 Å². The molecule has 2 aromatic rings. The van der Waals surface area contributed by atoms with E-state index in [4.69, 9.17) is 9.47 Å². The first kappa shape index (κ1) is 13.7. The van der Waals surface area contributed by atoms with Crippen molar-refractivity contribution in [1.82, 2.24) is 0 Å². The van der Waals surface area contributed by atoms with Crippen molar-refractivity contribution >= 4 is 6.29 Å². The Morgan fingerprint density at radius 3 is 2.57 bits per heavy atom. The lowest BCUT2D eigenvalue weighted by atomic mass is 9.97. The van der Waals surface area contributed by atoms with Crippen molar-refractivity contribution in [3.8, 4) is 22.6 Å². The standard InChI is InChI=1S/C18H18O3/c1-18(2)10-14-8-12(5-7-17(14)21-18)13-4-6-16(20-3)15(9-13)11-19/h4-9,11H,10H2,1-3H3. The summed E-state index contributed by atoms with van der Waals surface area (Å²) in [4.78, 5) is 11.1. The average Bonchev–Trinajstić information content (AvgIpc) is 2.79. The molecule has 0 aromatic heterocycles. The number of ether oxygens (including phenoxy) is 2. The van der Waals surface area contributed by atoms with Crippen LogP contribution in [0.15, 0.2) is 36.4 Å². The van der Waals surface area contributed by atoms with E-state index in [2.05, 4.69) is 19.9 Å². The molecule has 1 aliphatic rings. The molecule has 1 heterocycles. The Hall–Kier alpha value is -2.29. The van der Waals surface area contributed by atoms with Gasteiger partial charge in [-0.3, -0.25) is 4.79 Å². The van der Waals surface area contributed by atoms with Gasteiger partial charge in [-0.25, -0.2) is 0 Å². The fourth-order valence-corrected chi connectivity index (χ4v) is 2.80. The molecule has 0 saturated carbocycles. The van der Waals surface area contributed by atoms with Crippen LogP contribution >= 0.6 is 0 Å². The summed E-state index contributed by atoms with van der Waals surface area (Å²) in [5.41, 5.74) is 3.72. The molecule has 108 valence electrons. The summed E-state index contributed by atoms with van der Waals surface area (Å²) in [6, 6.07) is 11.8. The number of benzene rings is 2. The van der Waals surface area contributed by atoms with Gasteiger partial charge in [-0.1, -0.05) is 12.1 Å². The maximum absolute atomic E-state index is 11.1. The van der Waals surface area contributed by atoms with Crippen LogP contribution in [-0.2, 0) is 6.42 Å². The Morgan fingerprint density at radius 1 is 1.14 bits per heavy atom. The molecule has 0 fully saturated rings. The molecule has 0 spiro atoms. The zero-order valence-electron chi connectivity index (χ0n) is 12.5. The molecule has 0 N–H and O–H groups in total. The van der Waals surface area contributed by atoms with Gasteiger partial charge in [0.2, 0.25) is 0 Å². The number of hydrogen-bond donors (Lipinski definition) is 0. The summed E-state index contributed by atoms with van der Waals surface area (Å²) in [5.74, 6) is 1.55. The van der Waals surface area contributed by atoms with E-state index in [1.54, 1.807) is 7.11 Å². The van der Waals surface area contributed by atoms with E-state index >= 15 is 0 Å². The van der Waals surface area contributed by atoms with Gasteiger partial charge in [-0.05, 0) is 54.8 Å². The minimum Gasteiger partial charge on any atom is -0.496 e. The number of carbonyl (C=O) groups excluding carboxylic acids is 1. The van der Waals surface area contributed by atoms with E-state index in [9.17, 15) is 4.79 Å². The van der Waals surface area contributed by atoms with Gasteiger partial charge in [0.1, 0.15) is 17.1 Å². The van der Waals surface area contributed by atoms with Crippen molar-refractivity contribution in [2.24, 2.45) is 0 Å². The quantitative estimate of drug-likeness (QED) is 0.801. The number of hydrogen-bond acceptors (Lipinski definition) is 3. The Labute approximate surface area is 124 Å². The Balaban J connectivity index is 2.01. The predicted octanol–water partition coefficient (Wildman–Crippen LogP) is 3.89. The minimum absolute atomic E-state index is 0.144. The van der Waals surface area contributed by atoms with Crippen LogP contribution in [-0.4, -0.2) is 19.0 Å². The molecular formula is C18H18O3. The van der Waals surface area contributed by atoms with Crippen LogP contribution in [0, 0.1) is 0 Å². The van der Waals surface area contributed by atoms with Crippen LogP contribution in [0.3, 0.4) is 0 Å². The Bertz CT molecular complexity index is 702. The van der Waals surface area contributed by atoms with Crippen molar-refractivity contribution in [1.29, 1.82) is 0 Å². The Morgan fingerprint density at radius 2 is 1.86 bits per heavy atom. The fraction of sp³-hybridized carbons (Fsp3) is 0.278. The first-order valence-corrected chi connectivity index (χ1v) is 6.98. The summed E-state index contributed by atoms with van der Waals surface area (Å²) in [6.45, 7) is 4.18. The van der Waals surface area contributed by atoms with E-state index in [0.29, 0.717) is 11.3 Å². The number of rotatable bonds is 3. The number of fused-ring (bicyclic) bond motifs is 1. The lowest BCUT2D eigenvalue weighted by molar-refractivity contribution is 0.112. The third kappa shape index (κ3) is 2.51. The summed E-state index contributed by atoms with van der Waals surface area (Å²) < 4.78 is 11.1. The summed E-state index contributed by atoms with van der Waals surface area (Å²) in [5, 5.41) is 0. The van der Waals surface area contributed by atoms with Crippen molar-refractivity contribution in [3.05, 3.63) is 47.5 Å². The highest BCUT2D eigenvalue weighted by atomic mass is 16.5. The van der Waals surface area contributed by atoms with E-state index in [1.165, 1.54) is 5.56 Å². The fourth-order valence-electron chi connectivity index (χ4n) is 2.80. The van der Waals surface area contributed by atoms with Crippen LogP contribution in [0.2, 0.25) is 0 Å². The van der Waals surface area contributed by atoms with Crippen molar-refractivity contribution in [2.75, 3.05) is 7.11 Å². The first-order valence-electron chi connectivity index (χ1n) is 6.98. The molecule has 21 heavy (non-hydrogen) atoms. The van der Waals surface area contributed by atoms with E-state index in [1.807, 2.05) is 30.3 Å². The molecule has 1 aliphatic heterocycles. The molecular weight excluding hydrogens is 264 g/mol. The van der Waals surface area contributed by atoms with E-state index in [-0.39, 0.29) is 5.60 Å². The van der Waals surface area contributed by atoms with Crippen LogP contribution in [0.25, 0.3) is 11.1 Å². The van der Waals surface area contributed by atoms with Crippen molar-refractivity contribution < 1.29 is 14.3 Å². The summed E-state index contributed by atoms with van der Waals surface area (Å²) in [7, 11) is 1.57. The lowest BCUT2D eigenvalue weighted by Crippen LogP contribution is -2.24. The van der Waals surface area contributed by atoms with Gasteiger partial charge in [0.15, 0.2) is 6.29 Å². The monoisotopic (exact) mass is 282 g/mol. The van der Waals surface area contributed by atoms with Gasteiger partial charge >= 0.3 is 0 Å². The zero-order valence-corrected chi connectivity index (χ0v) is 12.5. The molecule has 3 nitrogen and oxygen atoms in total. The molecule has 0 aliphatic carbocycles. The van der Waals surface area contributed by atoms with Crippen LogP contribution in [0.4, 0.5) is 0 Å². The number of carbonyl (C=O) groups is 1. The van der Waals surface area contributed by atoms with Crippen molar-refractivity contribution in [3.63, 3.8) is 0 Å². The van der Waals surface area contributed by atoms with E-state index < -0.39 is 0 Å². The summed E-state index contributed by atoms with van der Waals surface area (Å²) >= 11 is 0. The molecule has 0 radical (unpaired) electrons. The average molecular weight is 282 g/mol. The molecule has 0 unspecified atom stereocenters. The normalized spacial score (nSPS) is 15.2. The maximum Gasteiger partial charge on any atom is 0.153 e. The van der Waals surface area contributed by atoms with Gasteiger partial charge < -0.3 is 9.47 Å². The van der Waals surface area contributed by atoms with Crippen LogP contribution < -0.4 is 9.47 Å². The highest BCUT2D eigenvalue weighted by Crippen LogP contribution is 2.37. The second kappa shape index (κ2) is 4.92. The molecule has 0 saturated heterocycles. The smallest absolute Gasteiger partial charge is 0.153 e. The van der Waals surface area contributed by atoms with Crippen molar-refractivity contribution in [2.45, 2.75) is 25.9 Å². The second-order valence-electron chi connectivity index (χ2n) is 5.94. The van der Waals surface area contributed by atoms with Gasteiger partial charge in [-0.2, -0.15) is 0 Å². The highest BCUT2D eigenvalue weighted by molar-refractivity contribution is 5.83. The van der Waals surface area contributed by atoms with Gasteiger partial charge in [0.25, 0.3) is 0 Å². The lowest BCUT2D eigenvalue weighted by Gasteiger charge is -2.16. The topological polar surface area (TPSA) is 35.5 Å². The third-order valence-corrected chi connectivity index (χ3v) is 3.75. The highest BCUT2D eigenvalue weighted by Gasteiger charge is 2.29. The number of aldehydes is 1. The first-order chi connectivity index (χ1) is 10.0. The second-order valence-corrected chi connectivity index (χ2v) is 5.94. The molecule has 0 amide bonds. The predicted molar refractivity (Wildman–Crippen MR) is 82.2 cm³/mol. The largest absolute Gasteiger partial charge is 0.496 e. The van der Waals surface area contributed by atoms with Gasteiger partial charge in [0.05, 0.1) is 12.7 Å². The molecule has 3 rings (SSSR count).